The minimum absolute atomic E-state index is 0.570. The fraction of sp³-hybridized carbons (Fsp3) is 0.312. The summed E-state index contributed by atoms with van der Waals surface area (Å²) in [5.41, 5.74) is 3.15. The van der Waals surface area contributed by atoms with Gasteiger partial charge in [-0.25, -0.2) is 0 Å². The van der Waals surface area contributed by atoms with Crippen LogP contribution in [0.1, 0.15) is 23.9 Å². The number of hydrogen-bond acceptors (Lipinski definition) is 3. The van der Waals surface area contributed by atoms with Gasteiger partial charge < -0.3 is 10.1 Å². The standard InChI is InChI=1S/C16H19IN2O/c1-3-18-10-15-16(9-4-12(2)19-15)20-11-13-5-7-14(17)8-6-13/h4-9,18H,3,10-11H2,1-2H3. The van der Waals surface area contributed by atoms with Crippen LogP contribution in [0.5, 0.6) is 5.75 Å². The third-order valence-electron chi connectivity index (χ3n) is 2.92. The van der Waals surface area contributed by atoms with Crippen LogP contribution in [0.3, 0.4) is 0 Å². The molecule has 0 radical (unpaired) electrons. The van der Waals surface area contributed by atoms with Gasteiger partial charge in [0.2, 0.25) is 0 Å². The lowest BCUT2D eigenvalue weighted by molar-refractivity contribution is 0.300. The number of nitrogens with one attached hydrogen (secondary N) is 1. The van der Waals surface area contributed by atoms with E-state index in [0.717, 1.165) is 30.2 Å². The van der Waals surface area contributed by atoms with E-state index in [-0.39, 0.29) is 0 Å². The summed E-state index contributed by atoms with van der Waals surface area (Å²) in [6.07, 6.45) is 0. The van der Waals surface area contributed by atoms with Gasteiger partial charge in [-0.3, -0.25) is 4.98 Å². The Morgan fingerprint density at radius 1 is 1.15 bits per heavy atom. The number of halogens is 1. The van der Waals surface area contributed by atoms with Crippen LogP contribution in [0.4, 0.5) is 0 Å². The van der Waals surface area contributed by atoms with Gasteiger partial charge >= 0.3 is 0 Å². The molecule has 0 fully saturated rings. The molecule has 0 saturated carbocycles. The van der Waals surface area contributed by atoms with Crippen LogP contribution in [-0.4, -0.2) is 11.5 Å². The molecule has 20 heavy (non-hydrogen) atoms. The number of rotatable bonds is 6. The molecule has 0 saturated heterocycles. The number of aromatic nitrogens is 1. The van der Waals surface area contributed by atoms with Gasteiger partial charge in [0.1, 0.15) is 12.4 Å². The van der Waals surface area contributed by atoms with E-state index in [4.69, 9.17) is 4.74 Å². The van der Waals surface area contributed by atoms with Crippen LogP contribution in [0.15, 0.2) is 36.4 Å². The Kier molecular flexibility index (Phi) is 5.79. The van der Waals surface area contributed by atoms with Crippen molar-refractivity contribution in [3.63, 3.8) is 0 Å². The maximum Gasteiger partial charge on any atom is 0.142 e. The minimum atomic E-state index is 0.570. The second-order valence-corrected chi connectivity index (χ2v) is 5.84. The molecule has 3 nitrogen and oxygen atoms in total. The zero-order valence-corrected chi connectivity index (χ0v) is 14.0. The van der Waals surface area contributed by atoms with Gasteiger partial charge in [0.15, 0.2) is 0 Å². The van der Waals surface area contributed by atoms with Crippen molar-refractivity contribution >= 4 is 22.6 Å². The zero-order chi connectivity index (χ0) is 14.4. The van der Waals surface area contributed by atoms with Gasteiger partial charge in [0.05, 0.1) is 5.69 Å². The zero-order valence-electron chi connectivity index (χ0n) is 11.8. The molecule has 0 spiro atoms. The Bertz CT molecular complexity index is 555. The van der Waals surface area contributed by atoms with E-state index < -0.39 is 0 Å². The molecular formula is C16H19IN2O. The number of hydrogen-bond donors (Lipinski definition) is 1. The second-order valence-electron chi connectivity index (χ2n) is 4.59. The first-order chi connectivity index (χ1) is 9.69. The first kappa shape index (κ1) is 15.3. The van der Waals surface area contributed by atoms with E-state index in [1.54, 1.807) is 0 Å². The molecule has 0 aliphatic rings. The van der Waals surface area contributed by atoms with Crippen molar-refractivity contribution in [1.82, 2.24) is 10.3 Å². The van der Waals surface area contributed by atoms with Gasteiger partial charge in [-0.15, -0.1) is 0 Å². The second kappa shape index (κ2) is 7.59. The van der Waals surface area contributed by atoms with Gasteiger partial charge in [-0.2, -0.15) is 0 Å². The molecule has 106 valence electrons. The molecule has 1 aromatic carbocycles. The van der Waals surface area contributed by atoms with Crippen LogP contribution in [0.2, 0.25) is 0 Å². The van der Waals surface area contributed by atoms with Crippen LogP contribution in [0.25, 0.3) is 0 Å². The highest BCUT2D eigenvalue weighted by atomic mass is 127. The lowest BCUT2D eigenvalue weighted by Gasteiger charge is -2.12. The SMILES string of the molecule is CCNCc1nc(C)ccc1OCc1ccc(I)cc1. The van der Waals surface area contributed by atoms with Crippen molar-refractivity contribution < 1.29 is 4.74 Å². The average Bonchev–Trinajstić information content (AvgIpc) is 2.46. The quantitative estimate of drug-likeness (QED) is 0.774. The Balaban J connectivity index is 2.06. The molecule has 0 amide bonds. The molecule has 2 rings (SSSR count). The Labute approximate surface area is 133 Å². The fourth-order valence-corrected chi connectivity index (χ4v) is 2.20. The normalized spacial score (nSPS) is 10.6. The Morgan fingerprint density at radius 2 is 1.90 bits per heavy atom. The van der Waals surface area contributed by atoms with Crippen LogP contribution in [-0.2, 0) is 13.2 Å². The van der Waals surface area contributed by atoms with Crippen LogP contribution < -0.4 is 10.1 Å². The van der Waals surface area contributed by atoms with Crippen LogP contribution in [0, 0.1) is 10.5 Å². The summed E-state index contributed by atoms with van der Waals surface area (Å²) in [6.45, 7) is 6.31. The maximum absolute atomic E-state index is 5.91. The Hall–Kier alpha value is -1.14. The summed E-state index contributed by atoms with van der Waals surface area (Å²) in [5.74, 6) is 0.857. The Morgan fingerprint density at radius 3 is 2.60 bits per heavy atom. The molecule has 2 aromatic rings. The molecule has 1 heterocycles. The highest BCUT2D eigenvalue weighted by Gasteiger charge is 2.06. The number of benzene rings is 1. The van der Waals surface area contributed by atoms with Gasteiger partial charge in [0, 0.05) is 15.8 Å². The third-order valence-corrected chi connectivity index (χ3v) is 3.64. The fourth-order valence-electron chi connectivity index (χ4n) is 1.84. The number of ether oxygens (including phenoxy) is 1. The summed E-state index contributed by atoms with van der Waals surface area (Å²) in [7, 11) is 0. The summed E-state index contributed by atoms with van der Waals surface area (Å²) in [6, 6.07) is 12.3. The molecule has 1 aromatic heterocycles. The topological polar surface area (TPSA) is 34.2 Å². The highest BCUT2D eigenvalue weighted by molar-refractivity contribution is 14.1. The molecular weight excluding hydrogens is 363 g/mol. The molecule has 1 N–H and O–H groups in total. The first-order valence-corrected chi connectivity index (χ1v) is 7.81. The lowest BCUT2D eigenvalue weighted by atomic mass is 10.2. The first-order valence-electron chi connectivity index (χ1n) is 6.73. The van der Waals surface area contributed by atoms with Crippen molar-refractivity contribution in [2.45, 2.75) is 27.0 Å². The van der Waals surface area contributed by atoms with E-state index in [1.165, 1.54) is 9.13 Å². The van der Waals surface area contributed by atoms with Crippen molar-refractivity contribution in [3.05, 3.63) is 56.9 Å². The summed E-state index contributed by atoms with van der Waals surface area (Å²) in [5, 5.41) is 3.29. The highest BCUT2D eigenvalue weighted by Crippen LogP contribution is 2.18. The minimum Gasteiger partial charge on any atom is -0.487 e. The molecule has 0 unspecified atom stereocenters. The summed E-state index contributed by atoms with van der Waals surface area (Å²) >= 11 is 2.30. The smallest absolute Gasteiger partial charge is 0.142 e. The monoisotopic (exact) mass is 382 g/mol. The van der Waals surface area contributed by atoms with Gasteiger partial charge in [-0.1, -0.05) is 19.1 Å². The van der Waals surface area contributed by atoms with Crippen molar-refractivity contribution in [1.29, 1.82) is 0 Å². The molecule has 0 aliphatic heterocycles. The lowest BCUT2D eigenvalue weighted by Crippen LogP contribution is -2.14. The summed E-state index contributed by atoms with van der Waals surface area (Å²) in [4.78, 5) is 4.55. The van der Waals surface area contributed by atoms with Crippen LogP contribution >= 0.6 is 22.6 Å². The molecule has 4 heteroatoms. The average molecular weight is 382 g/mol. The molecule has 0 atom stereocenters. The van der Waals surface area contributed by atoms with E-state index in [1.807, 2.05) is 19.1 Å². The third kappa shape index (κ3) is 4.45. The number of nitrogens with zero attached hydrogens (tertiary/aromatic N) is 1. The molecule has 0 bridgehead atoms. The van der Waals surface area contributed by atoms with Crippen molar-refractivity contribution in [3.8, 4) is 5.75 Å². The molecule has 0 aliphatic carbocycles. The van der Waals surface area contributed by atoms with E-state index in [2.05, 4.69) is 64.1 Å². The van der Waals surface area contributed by atoms with E-state index in [9.17, 15) is 0 Å². The number of aryl methyl sites for hydroxylation is 1. The number of pyridine rings is 1. The van der Waals surface area contributed by atoms with E-state index in [0.29, 0.717) is 6.61 Å². The van der Waals surface area contributed by atoms with Gasteiger partial charge in [-0.05, 0) is 65.9 Å². The summed E-state index contributed by atoms with van der Waals surface area (Å²) < 4.78 is 7.14. The predicted octanol–water partition coefficient (Wildman–Crippen LogP) is 3.68. The van der Waals surface area contributed by atoms with Gasteiger partial charge in [0.25, 0.3) is 0 Å². The predicted molar refractivity (Wildman–Crippen MR) is 89.8 cm³/mol. The van der Waals surface area contributed by atoms with Crippen molar-refractivity contribution in [2.75, 3.05) is 6.54 Å². The maximum atomic E-state index is 5.91. The van der Waals surface area contributed by atoms with E-state index >= 15 is 0 Å². The largest absolute Gasteiger partial charge is 0.487 e. The van der Waals surface area contributed by atoms with Crippen molar-refractivity contribution in [2.24, 2.45) is 0 Å².